The van der Waals surface area contributed by atoms with Crippen molar-refractivity contribution in [1.82, 2.24) is 21.3 Å². The summed E-state index contributed by atoms with van der Waals surface area (Å²) >= 11 is 0. The highest BCUT2D eigenvalue weighted by Crippen LogP contribution is 2.13. The summed E-state index contributed by atoms with van der Waals surface area (Å²) < 4.78 is 0. The normalized spacial score (nSPS) is 14.6. The van der Waals surface area contributed by atoms with Crippen LogP contribution in [-0.4, -0.2) is 87.6 Å². The Kier molecular flexibility index (Phi) is 17.4. The van der Waals surface area contributed by atoms with Gasteiger partial charge in [-0.3, -0.25) is 24.0 Å². The summed E-state index contributed by atoms with van der Waals surface area (Å²) in [4.78, 5) is 77.4. The second-order valence-electron chi connectivity index (χ2n) is 12.3. The summed E-state index contributed by atoms with van der Waals surface area (Å²) in [5.41, 5.74) is 12.8. The maximum absolute atomic E-state index is 13.7. The summed E-state index contributed by atoms with van der Waals surface area (Å²) in [6, 6.07) is 8.22. The second-order valence-corrected chi connectivity index (χ2v) is 12.3. The molecule has 0 fully saturated rings. The van der Waals surface area contributed by atoms with E-state index in [1.807, 2.05) is 6.92 Å². The SMILES string of the molecule is CCC(C)C(N)C(=O)NC(CCCCN)C(=O)NC(CCC(=O)O)C(=O)NC(Cc1ccc(O)cc1)C(=O)NC(Cc1ccccc1)C(=O)O. The summed E-state index contributed by atoms with van der Waals surface area (Å²) in [6.07, 6.45) is 0.735. The third-order valence-electron chi connectivity index (χ3n) is 8.33. The number of carbonyl (C=O) groups is 6. The zero-order valence-electron chi connectivity index (χ0n) is 28.5. The van der Waals surface area contributed by atoms with Gasteiger partial charge in [0.15, 0.2) is 0 Å². The number of unbranched alkanes of at least 4 members (excludes halogenated alkanes) is 1. The average Bonchev–Trinajstić information content (AvgIpc) is 3.09. The van der Waals surface area contributed by atoms with E-state index < -0.39 is 72.2 Å². The number of nitrogens with one attached hydrogen (secondary N) is 4. The number of hydrogen-bond acceptors (Lipinski definition) is 9. The molecular weight excluding hydrogens is 648 g/mol. The Hall–Kier alpha value is -5.02. The zero-order chi connectivity index (χ0) is 37.2. The van der Waals surface area contributed by atoms with Crippen molar-refractivity contribution in [2.45, 2.75) is 95.4 Å². The number of aromatic hydroxyl groups is 1. The van der Waals surface area contributed by atoms with Gasteiger partial charge in [-0.05, 0) is 61.4 Å². The van der Waals surface area contributed by atoms with Gasteiger partial charge in [0, 0.05) is 19.3 Å². The highest BCUT2D eigenvalue weighted by atomic mass is 16.4. The van der Waals surface area contributed by atoms with E-state index in [1.165, 1.54) is 24.3 Å². The minimum Gasteiger partial charge on any atom is -0.508 e. The molecule has 0 aliphatic heterocycles. The van der Waals surface area contributed by atoms with Crippen LogP contribution < -0.4 is 32.7 Å². The quantitative estimate of drug-likeness (QED) is 0.0768. The van der Waals surface area contributed by atoms with E-state index in [0.29, 0.717) is 36.9 Å². The van der Waals surface area contributed by atoms with Gasteiger partial charge >= 0.3 is 11.9 Å². The molecule has 2 aromatic carbocycles. The fraction of sp³-hybridized carbons (Fsp3) is 0.486. The minimum atomic E-state index is -1.45. The molecule has 11 N–H and O–H groups in total. The van der Waals surface area contributed by atoms with Gasteiger partial charge in [-0.2, -0.15) is 0 Å². The number of phenolic OH excluding ortho intramolecular Hbond substituents is 1. The van der Waals surface area contributed by atoms with Crippen LogP contribution in [0.15, 0.2) is 54.6 Å². The lowest BCUT2D eigenvalue weighted by Gasteiger charge is -2.27. The predicted molar refractivity (Wildman–Crippen MR) is 185 cm³/mol. The van der Waals surface area contributed by atoms with E-state index in [2.05, 4.69) is 21.3 Å². The number of carboxylic acids is 2. The minimum absolute atomic E-state index is 0.0396. The first-order valence-corrected chi connectivity index (χ1v) is 16.7. The lowest BCUT2D eigenvalue weighted by molar-refractivity contribution is -0.142. The third-order valence-corrected chi connectivity index (χ3v) is 8.33. The lowest BCUT2D eigenvalue weighted by atomic mass is 9.98. The van der Waals surface area contributed by atoms with E-state index in [9.17, 15) is 44.1 Å². The van der Waals surface area contributed by atoms with Crippen LogP contribution in [0.5, 0.6) is 5.75 Å². The van der Waals surface area contributed by atoms with Crippen molar-refractivity contribution >= 4 is 35.6 Å². The molecule has 0 aromatic heterocycles. The van der Waals surface area contributed by atoms with Crippen molar-refractivity contribution in [1.29, 1.82) is 0 Å². The fourth-order valence-electron chi connectivity index (χ4n) is 5.02. The first kappa shape index (κ1) is 41.2. The standard InChI is InChI=1S/C35H50N6O9/c1-3-21(2)30(37)34(48)39-25(11-7-8-18-36)31(45)38-26(16-17-29(43)44)32(46)40-27(19-23-12-14-24(42)15-13-23)33(47)41-28(35(49)50)20-22-9-5-4-6-10-22/h4-6,9-10,12-15,21,25-28,30,42H,3,7-8,11,16-20,36-37H2,1-2H3,(H,38,45)(H,39,48)(H,40,46)(H,41,47)(H,43,44)(H,49,50). The van der Waals surface area contributed by atoms with Crippen molar-refractivity contribution in [3.05, 3.63) is 65.7 Å². The average molecular weight is 699 g/mol. The van der Waals surface area contributed by atoms with Gasteiger partial charge in [-0.25, -0.2) is 4.79 Å². The van der Waals surface area contributed by atoms with Crippen LogP contribution in [0.25, 0.3) is 0 Å². The van der Waals surface area contributed by atoms with Crippen LogP contribution in [0.2, 0.25) is 0 Å². The molecule has 50 heavy (non-hydrogen) atoms. The maximum atomic E-state index is 13.7. The highest BCUT2D eigenvalue weighted by molar-refractivity contribution is 5.95. The first-order chi connectivity index (χ1) is 23.7. The number of carboxylic acid groups (broad SMARTS) is 2. The maximum Gasteiger partial charge on any atom is 0.326 e. The number of hydrogen-bond donors (Lipinski definition) is 9. The van der Waals surface area contributed by atoms with Crippen molar-refractivity contribution in [3.8, 4) is 5.75 Å². The molecule has 0 bridgehead atoms. The molecule has 0 spiro atoms. The number of carbonyl (C=O) groups excluding carboxylic acids is 4. The lowest BCUT2D eigenvalue weighted by Crippen LogP contribution is -2.59. The molecule has 6 atom stereocenters. The Balaban J connectivity index is 2.35. The van der Waals surface area contributed by atoms with Crippen LogP contribution in [0, 0.1) is 5.92 Å². The monoisotopic (exact) mass is 698 g/mol. The van der Waals surface area contributed by atoms with Crippen molar-refractivity contribution in [2.75, 3.05) is 6.54 Å². The van der Waals surface area contributed by atoms with E-state index in [1.54, 1.807) is 37.3 Å². The molecule has 274 valence electrons. The molecule has 6 unspecified atom stereocenters. The summed E-state index contributed by atoms with van der Waals surface area (Å²) in [6.45, 7) is 4.01. The van der Waals surface area contributed by atoms with E-state index in [-0.39, 0.29) is 37.4 Å². The van der Waals surface area contributed by atoms with E-state index >= 15 is 0 Å². The largest absolute Gasteiger partial charge is 0.508 e. The Morgan fingerprint density at radius 3 is 1.74 bits per heavy atom. The van der Waals surface area contributed by atoms with Crippen molar-refractivity contribution in [3.63, 3.8) is 0 Å². The van der Waals surface area contributed by atoms with Crippen LogP contribution in [-0.2, 0) is 41.6 Å². The molecule has 0 radical (unpaired) electrons. The predicted octanol–water partition coefficient (Wildman–Crippen LogP) is 0.568. The summed E-state index contributed by atoms with van der Waals surface area (Å²) in [5.74, 6) is -5.84. The van der Waals surface area contributed by atoms with Crippen molar-refractivity contribution < 1.29 is 44.1 Å². The topological polar surface area (TPSA) is 263 Å². The van der Waals surface area contributed by atoms with E-state index in [4.69, 9.17) is 11.5 Å². The van der Waals surface area contributed by atoms with Gasteiger partial charge in [0.2, 0.25) is 23.6 Å². The summed E-state index contributed by atoms with van der Waals surface area (Å²) in [7, 11) is 0. The van der Waals surface area contributed by atoms with Gasteiger partial charge in [0.05, 0.1) is 6.04 Å². The molecule has 0 heterocycles. The van der Waals surface area contributed by atoms with Crippen LogP contribution >= 0.6 is 0 Å². The van der Waals surface area contributed by atoms with Crippen LogP contribution in [0.4, 0.5) is 0 Å². The van der Waals surface area contributed by atoms with Gasteiger partial charge in [-0.1, -0.05) is 62.7 Å². The molecule has 2 rings (SSSR count). The Morgan fingerprint density at radius 2 is 1.18 bits per heavy atom. The number of aliphatic carboxylic acids is 2. The molecular formula is C35H50N6O9. The third kappa shape index (κ3) is 14.2. The Bertz CT molecular complexity index is 1420. The van der Waals surface area contributed by atoms with Crippen LogP contribution in [0.3, 0.4) is 0 Å². The highest BCUT2D eigenvalue weighted by Gasteiger charge is 2.32. The summed E-state index contributed by atoms with van der Waals surface area (Å²) in [5, 5.41) is 39.2. The molecule has 2 aromatic rings. The molecule has 0 saturated carbocycles. The molecule has 0 aliphatic carbocycles. The van der Waals surface area contributed by atoms with Gasteiger partial charge in [0.1, 0.15) is 29.9 Å². The van der Waals surface area contributed by atoms with E-state index in [0.717, 1.165) is 0 Å². The number of amides is 4. The van der Waals surface area contributed by atoms with Gasteiger partial charge < -0.3 is 48.1 Å². The molecule has 0 aliphatic rings. The fourth-order valence-corrected chi connectivity index (χ4v) is 5.02. The Morgan fingerprint density at radius 1 is 0.680 bits per heavy atom. The smallest absolute Gasteiger partial charge is 0.326 e. The molecule has 15 heteroatoms. The number of benzene rings is 2. The van der Waals surface area contributed by atoms with Crippen molar-refractivity contribution in [2.24, 2.45) is 17.4 Å². The second kappa shape index (κ2) is 21.1. The molecule has 4 amide bonds. The number of nitrogens with two attached hydrogens (primary N) is 2. The molecule has 0 saturated heterocycles. The van der Waals surface area contributed by atoms with Gasteiger partial charge in [-0.15, -0.1) is 0 Å². The Labute approximate surface area is 291 Å². The molecule has 15 nitrogen and oxygen atoms in total. The number of rotatable bonds is 22. The van der Waals surface area contributed by atoms with Gasteiger partial charge in [0.25, 0.3) is 0 Å². The zero-order valence-corrected chi connectivity index (χ0v) is 28.5. The van der Waals surface area contributed by atoms with Crippen LogP contribution in [0.1, 0.15) is 63.5 Å². The number of phenols is 1. The first-order valence-electron chi connectivity index (χ1n) is 16.7.